The zero-order valence-electron chi connectivity index (χ0n) is 18.4. The van der Waals surface area contributed by atoms with Gasteiger partial charge in [-0.15, -0.1) is 0 Å². The van der Waals surface area contributed by atoms with Gasteiger partial charge in [0.15, 0.2) is 0 Å². The predicted octanol–water partition coefficient (Wildman–Crippen LogP) is 11.3. The molecule has 4 aromatic carbocycles. The van der Waals surface area contributed by atoms with E-state index >= 15 is 0 Å². The van der Waals surface area contributed by atoms with Gasteiger partial charge in [0.05, 0.1) is 0 Å². The van der Waals surface area contributed by atoms with Crippen LogP contribution in [0.15, 0.2) is 49.8 Å². The molecule has 0 aliphatic heterocycles. The fourth-order valence-electron chi connectivity index (χ4n) is 4.95. The average Bonchev–Trinajstić information content (AvgIpc) is 2.76. The highest BCUT2D eigenvalue weighted by Crippen LogP contribution is 2.44. The molecular formula is C28H31Br3. The van der Waals surface area contributed by atoms with Crippen molar-refractivity contribution in [2.24, 2.45) is 0 Å². The smallest absolute Gasteiger partial charge is 0.0265 e. The highest BCUT2D eigenvalue weighted by Gasteiger charge is 2.16. The molecule has 0 nitrogen and oxygen atoms in total. The number of benzene rings is 4. The molecule has 31 heavy (non-hydrogen) atoms. The van der Waals surface area contributed by atoms with Crippen molar-refractivity contribution >= 4 is 80.1 Å². The number of unbranched alkanes of at least 4 members (excludes halogenated alkanes) is 9. The summed E-state index contributed by atoms with van der Waals surface area (Å²) in [5.41, 5.74) is 1.48. The van der Waals surface area contributed by atoms with E-state index in [-0.39, 0.29) is 0 Å². The van der Waals surface area contributed by atoms with Gasteiger partial charge in [-0.3, -0.25) is 0 Å². The minimum Gasteiger partial charge on any atom is -0.0654 e. The van der Waals surface area contributed by atoms with Crippen molar-refractivity contribution in [1.82, 2.24) is 0 Å². The molecule has 0 N–H and O–H groups in total. The van der Waals surface area contributed by atoms with Crippen LogP contribution in [0, 0.1) is 0 Å². The zero-order chi connectivity index (χ0) is 21.8. The van der Waals surface area contributed by atoms with Crippen molar-refractivity contribution in [3.05, 3.63) is 55.4 Å². The van der Waals surface area contributed by atoms with E-state index in [0.717, 1.165) is 15.4 Å². The molecule has 0 aliphatic rings. The van der Waals surface area contributed by atoms with Crippen molar-refractivity contribution in [3.8, 4) is 0 Å². The van der Waals surface area contributed by atoms with Gasteiger partial charge in [-0.25, -0.2) is 0 Å². The van der Waals surface area contributed by atoms with Crippen LogP contribution in [0.25, 0.3) is 32.3 Å². The van der Waals surface area contributed by atoms with Crippen LogP contribution in [0.3, 0.4) is 0 Å². The van der Waals surface area contributed by atoms with Crippen LogP contribution >= 0.6 is 47.8 Å². The summed E-state index contributed by atoms with van der Waals surface area (Å²) in [6, 6.07) is 13.7. The molecule has 4 aromatic rings. The van der Waals surface area contributed by atoms with Gasteiger partial charge in [0.1, 0.15) is 0 Å². The second-order valence-electron chi connectivity index (χ2n) is 8.86. The summed E-state index contributed by atoms with van der Waals surface area (Å²) in [5.74, 6) is 0. The number of aryl methyl sites for hydroxylation is 1. The average molecular weight is 607 g/mol. The van der Waals surface area contributed by atoms with Gasteiger partial charge in [-0.05, 0) is 62.9 Å². The molecule has 0 aliphatic carbocycles. The molecule has 0 amide bonds. The van der Waals surface area contributed by atoms with E-state index in [1.54, 1.807) is 0 Å². The zero-order valence-corrected chi connectivity index (χ0v) is 23.1. The van der Waals surface area contributed by atoms with Crippen LogP contribution in [0.1, 0.15) is 76.7 Å². The van der Waals surface area contributed by atoms with E-state index in [4.69, 9.17) is 0 Å². The first-order chi connectivity index (χ1) is 15.1. The van der Waals surface area contributed by atoms with E-state index in [0.29, 0.717) is 0 Å². The third-order valence-corrected chi connectivity index (χ3v) is 8.60. The minimum atomic E-state index is 1.15. The summed E-state index contributed by atoms with van der Waals surface area (Å²) < 4.78 is 3.52. The number of halogens is 3. The van der Waals surface area contributed by atoms with E-state index < -0.39 is 0 Å². The second-order valence-corrected chi connectivity index (χ2v) is 11.4. The summed E-state index contributed by atoms with van der Waals surface area (Å²) in [4.78, 5) is 0. The molecule has 0 fully saturated rings. The fourth-order valence-corrected chi connectivity index (χ4v) is 6.98. The lowest BCUT2D eigenvalue weighted by Gasteiger charge is -2.17. The van der Waals surface area contributed by atoms with Crippen molar-refractivity contribution in [2.75, 3.05) is 0 Å². The molecule has 0 heterocycles. The van der Waals surface area contributed by atoms with Crippen LogP contribution < -0.4 is 0 Å². The van der Waals surface area contributed by atoms with Crippen LogP contribution in [0.4, 0.5) is 0 Å². The Labute approximate surface area is 211 Å². The number of rotatable bonds is 11. The largest absolute Gasteiger partial charge is 0.0654 e. The Morgan fingerprint density at radius 3 is 1.48 bits per heavy atom. The van der Waals surface area contributed by atoms with E-state index in [9.17, 15) is 0 Å². The maximum absolute atomic E-state index is 3.87. The maximum Gasteiger partial charge on any atom is 0.0265 e. The quantitative estimate of drug-likeness (QED) is 0.118. The molecule has 0 radical (unpaired) electrons. The van der Waals surface area contributed by atoms with Crippen LogP contribution in [-0.2, 0) is 6.42 Å². The standard InChI is InChI=1S/C28H31Br3/c1-2-3-4-5-6-7-8-9-10-11-12-19-17-24(29)21-15-16-23-26(31)18-25(30)22-14-13-20(19)27(21)28(22)23/h13-18H,2-12H2,1H3. The molecule has 3 heteroatoms. The molecule has 0 spiro atoms. The molecule has 0 saturated heterocycles. The SMILES string of the molecule is CCCCCCCCCCCCc1cc(Br)c2ccc3c(Br)cc(Br)c4ccc1c2c34. The molecule has 0 saturated carbocycles. The molecular weight excluding hydrogens is 576 g/mol. The lowest BCUT2D eigenvalue weighted by atomic mass is 9.90. The lowest BCUT2D eigenvalue weighted by molar-refractivity contribution is 0.556. The van der Waals surface area contributed by atoms with E-state index in [1.807, 2.05) is 0 Å². The predicted molar refractivity (Wildman–Crippen MR) is 149 cm³/mol. The maximum atomic E-state index is 3.87. The Balaban J connectivity index is 1.48. The van der Waals surface area contributed by atoms with Crippen molar-refractivity contribution in [1.29, 1.82) is 0 Å². The fraction of sp³-hybridized carbons (Fsp3) is 0.429. The summed E-state index contributed by atoms with van der Waals surface area (Å²) in [6.45, 7) is 2.29. The van der Waals surface area contributed by atoms with E-state index in [1.165, 1.54) is 107 Å². The normalized spacial score (nSPS) is 12.0. The highest BCUT2D eigenvalue weighted by molar-refractivity contribution is 9.11. The van der Waals surface area contributed by atoms with Crippen molar-refractivity contribution in [3.63, 3.8) is 0 Å². The Hall–Kier alpha value is -0.640. The molecule has 164 valence electrons. The topological polar surface area (TPSA) is 0 Å². The van der Waals surface area contributed by atoms with Gasteiger partial charge < -0.3 is 0 Å². The van der Waals surface area contributed by atoms with Crippen LogP contribution in [0.5, 0.6) is 0 Å². The third kappa shape index (κ3) is 5.14. The van der Waals surface area contributed by atoms with Crippen molar-refractivity contribution in [2.45, 2.75) is 77.6 Å². The molecule has 4 rings (SSSR count). The first-order valence-corrected chi connectivity index (χ1v) is 14.2. The molecule has 0 unspecified atom stereocenters. The van der Waals surface area contributed by atoms with Gasteiger partial charge in [0, 0.05) is 13.4 Å². The highest BCUT2D eigenvalue weighted by atomic mass is 79.9. The van der Waals surface area contributed by atoms with Crippen LogP contribution in [0.2, 0.25) is 0 Å². The van der Waals surface area contributed by atoms with Gasteiger partial charge >= 0.3 is 0 Å². The molecule has 0 atom stereocenters. The first-order valence-electron chi connectivity index (χ1n) is 11.9. The monoisotopic (exact) mass is 604 g/mol. The Morgan fingerprint density at radius 1 is 0.516 bits per heavy atom. The number of hydrogen-bond donors (Lipinski definition) is 0. The summed E-state index contributed by atoms with van der Waals surface area (Å²) in [5, 5.41) is 8.07. The summed E-state index contributed by atoms with van der Waals surface area (Å²) >= 11 is 11.4. The van der Waals surface area contributed by atoms with Gasteiger partial charge in [0.2, 0.25) is 0 Å². The Kier molecular flexibility index (Phi) is 8.33. The van der Waals surface area contributed by atoms with Crippen molar-refractivity contribution < 1.29 is 0 Å². The Morgan fingerprint density at radius 2 is 0.935 bits per heavy atom. The first kappa shape index (κ1) is 23.5. The second kappa shape index (κ2) is 11.0. The van der Waals surface area contributed by atoms with Crippen LogP contribution in [-0.4, -0.2) is 0 Å². The molecule has 0 aromatic heterocycles. The van der Waals surface area contributed by atoms with E-state index in [2.05, 4.69) is 91.1 Å². The summed E-state index contributed by atoms with van der Waals surface area (Å²) in [7, 11) is 0. The van der Waals surface area contributed by atoms with Gasteiger partial charge in [0.25, 0.3) is 0 Å². The number of hydrogen-bond acceptors (Lipinski definition) is 0. The third-order valence-electron chi connectivity index (χ3n) is 6.63. The molecule has 0 bridgehead atoms. The minimum absolute atomic E-state index is 1.15. The van der Waals surface area contributed by atoms with Gasteiger partial charge in [-0.2, -0.15) is 0 Å². The summed E-state index contributed by atoms with van der Waals surface area (Å²) in [6.07, 6.45) is 15.0. The van der Waals surface area contributed by atoms with Gasteiger partial charge in [-0.1, -0.05) is 137 Å². The lowest BCUT2D eigenvalue weighted by Crippen LogP contribution is -1.93. The Bertz CT molecular complexity index is 1140.